The number of anilines is 1. The summed E-state index contributed by atoms with van der Waals surface area (Å²) in [4.78, 5) is 23.4. The summed E-state index contributed by atoms with van der Waals surface area (Å²) in [6.45, 7) is 0.537. The van der Waals surface area contributed by atoms with Gasteiger partial charge in [-0.3, -0.25) is 9.59 Å². The number of nitrogens with one attached hydrogen (secondary N) is 1. The second-order valence-electron chi connectivity index (χ2n) is 6.62. The van der Waals surface area contributed by atoms with E-state index in [4.69, 9.17) is 19.3 Å². The van der Waals surface area contributed by atoms with Crippen molar-refractivity contribution in [1.82, 2.24) is 0 Å². The summed E-state index contributed by atoms with van der Waals surface area (Å²) in [6, 6.07) is 12.7. The number of hydrogen-bond acceptors (Lipinski definition) is 5. The molecule has 1 fully saturated rings. The lowest BCUT2D eigenvalue weighted by Gasteiger charge is -2.31. The van der Waals surface area contributed by atoms with Gasteiger partial charge in [0, 0.05) is 11.8 Å². The monoisotopic (exact) mass is 369 g/mol. The maximum atomic E-state index is 12.3. The molecule has 0 aromatic heterocycles. The summed E-state index contributed by atoms with van der Waals surface area (Å²) in [5.41, 5.74) is 1.51. The van der Waals surface area contributed by atoms with Gasteiger partial charge >= 0.3 is 5.97 Å². The first-order chi connectivity index (χ1) is 13.1. The van der Waals surface area contributed by atoms with Gasteiger partial charge in [-0.2, -0.15) is 0 Å². The minimum absolute atomic E-state index is 0.213. The average molecular weight is 369 g/mol. The SMILES string of the molecule is O=C(O)C1CCC1C(=O)Nc1cccc(COc2ccc3c(c2)OCO3)c1. The van der Waals surface area contributed by atoms with Crippen LogP contribution in [0.3, 0.4) is 0 Å². The van der Waals surface area contributed by atoms with Crippen molar-refractivity contribution in [2.75, 3.05) is 12.1 Å². The highest BCUT2D eigenvalue weighted by Crippen LogP contribution is 2.36. The highest BCUT2D eigenvalue weighted by molar-refractivity contribution is 5.96. The van der Waals surface area contributed by atoms with Crippen LogP contribution in [0.2, 0.25) is 0 Å². The number of carbonyl (C=O) groups is 2. The summed E-state index contributed by atoms with van der Waals surface area (Å²) in [5, 5.41) is 11.9. The smallest absolute Gasteiger partial charge is 0.307 e. The summed E-state index contributed by atoms with van der Waals surface area (Å²) in [7, 11) is 0. The van der Waals surface area contributed by atoms with Gasteiger partial charge < -0.3 is 24.6 Å². The van der Waals surface area contributed by atoms with Crippen LogP contribution in [0, 0.1) is 11.8 Å². The van der Waals surface area contributed by atoms with Crippen molar-refractivity contribution >= 4 is 17.6 Å². The molecule has 2 atom stereocenters. The number of carbonyl (C=O) groups excluding carboxylic acids is 1. The van der Waals surface area contributed by atoms with Crippen molar-refractivity contribution in [1.29, 1.82) is 0 Å². The maximum Gasteiger partial charge on any atom is 0.307 e. The third-order valence-corrected chi connectivity index (χ3v) is 4.87. The molecule has 4 rings (SSSR count). The molecule has 1 aliphatic heterocycles. The van der Waals surface area contributed by atoms with E-state index in [1.165, 1.54) is 0 Å². The fourth-order valence-electron chi connectivity index (χ4n) is 3.22. The summed E-state index contributed by atoms with van der Waals surface area (Å²) in [5.74, 6) is -0.189. The van der Waals surface area contributed by atoms with E-state index in [2.05, 4.69) is 5.32 Å². The number of aliphatic carboxylic acids is 1. The van der Waals surface area contributed by atoms with E-state index in [0.717, 1.165) is 5.56 Å². The molecule has 0 radical (unpaired) electrons. The molecule has 1 amide bonds. The van der Waals surface area contributed by atoms with Crippen LogP contribution in [0.15, 0.2) is 42.5 Å². The van der Waals surface area contributed by atoms with Crippen molar-refractivity contribution in [2.45, 2.75) is 19.4 Å². The van der Waals surface area contributed by atoms with Gasteiger partial charge in [0.1, 0.15) is 12.4 Å². The van der Waals surface area contributed by atoms with Gasteiger partial charge in [0.15, 0.2) is 11.5 Å². The Morgan fingerprint density at radius 2 is 1.89 bits per heavy atom. The third kappa shape index (κ3) is 3.67. The maximum absolute atomic E-state index is 12.3. The average Bonchev–Trinajstić information content (AvgIpc) is 3.06. The molecule has 1 heterocycles. The Hall–Kier alpha value is -3.22. The topological polar surface area (TPSA) is 94.1 Å². The molecule has 0 saturated heterocycles. The predicted octanol–water partition coefficient (Wildman–Crippen LogP) is 3.04. The highest BCUT2D eigenvalue weighted by atomic mass is 16.7. The molecule has 27 heavy (non-hydrogen) atoms. The molecule has 1 saturated carbocycles. The number of rotatable bonds is 6. The number of amides is 1. The molecule has 7 heteroatoms. The van der Waals surface area contributed by atoms with Gasteiger partial charge in [-0.15, -0.1) is 0 Å². The van der Waals surface area contributed by atoms with E-state index in [-0.39, 0.29) is 12.7 Å². The molecule has 2 unspecified atom stereocenters. The van der Waals surface area contributed by atoms with Crippen LogP contribution in [0.1, 0.15) is 18.4 Å². The fourth-order valence-corrected chi connectivity index (χ4v) is 3.22. The lowest BCUT2D eigenvalue weighted by atomic mass is 9.73. The van der Waals surface area contributed by atoms with Crippen molar-refractivity contribution in [3.8, 4) is 17.2 Å². The van der Waals surface area contributed by atoms with Crippen molar-refractivity contribution in [2.24, 2.45) is 11.8 Å². The van der Waals surface area contributed by atoms with Gasteiger partial charge in [-0.25, -0.2) is 0 Å². The normalized spacial score (nSPS) is 19.9. The van der Waals surface area contributed by atoms with Gasteiger partial charge in [-0.1, -0.05) is 12.1 Å². The zero-order valence-corrected chi connectivity index (χ0v) is 14.5. The fraction of sp³-hybridized carbons (Fsp3) is 0.300. The Balaban J connectivity index is 1.36. The molecular weight excluding hydrogens is 350 g/mol. The molecule has 2 aromatic rings. The summed E-state index contributed by atoms with van der Waals surface area (Å²) in [6.07, 6.45) is 1.16. The first-order valence-corrected chi connectivity index (χ1v) is 8.75. The number of fused-ring (bicyclic) bond motifs is 1. The van der Waals surface area contributed by atoms with Crippen LogP contribution in [0.25, 0.3) is 0 Å². The Labute approximate surface area is 155 Å². The lowest BCUT2D eigenvalue weighted by Crippen LogP contribution is -2.41. The van der Waals surface area contributed by atoms with Crippen LogP contribution in [-0.4, -0.2) is 23.8 Å². The van der Waals surface area contributed by atoms with Crippen molar-refractivity contribution in [3.63, 3.8) is 0 Å². The third-order valence-electron chi connectivity index (χ3n) is 4.87. The zero-order valence-electron chi connectivity index (χ0n) is 14.5. The number of ether oxygens (including phenoxy) is 3. The second kappa shape index (κ2) is 7.19. The van der Waals surface area contributed by atoms with Gasteiger partial charge in [-0.05, 0) is 42.7 Å². The summed E-state index contributed by atoms with van der Waals surface area (Å²) >= 11 is 0. The number of carboxylic acid groups (broad SMARTS) is 1. The number of benzene rings is 2. The second-order valence-corrected chi connectivity index (χ2v) is 6.62. The molecule has 1 aliphatic carbocycles. The first kappa shape index (κ1) is 17.2. The van der Waals surface area contributed by atoms with Gasteiger partial charge in [0.2, 0.25) is 12.7 Å². The van der Waals surface area contributed by atoms with E-state index in [1.807, 2.05) is 24.3 Å². The standard InChI is InChI=1S/C20H19NO6/c22-19(15-5-6-16(15)20(23)24)21-13-3-1-2-12(8-13)10-25-14-4-7-17-18(9-14)27-11-26-17/h1-4,7-9,15-16H,5-6,10-11H2,(H,21,22)(H,23,24). The van der Waals surface area contributed by atoms with Crippen LogP contribution < -0.4 is 19.5 Å². The van der Waals surface area contributed by atoms with Crippen molar-refractivity contribution in [3.05, 3.63) is 48.0 Å². The Kier molecular flexibility index (Phi) is 4.58. The zero-order chi connectivity index (χ0) is 18.8. The number of carboxylic acids is 1. The minimum Gasteiger partial charge on any atom is -0.489 e. The Morgan fingerprint density at radius 1 is 1.07 bits per heavy atom. The van der Waals surface area contributed by atoms with E-state index in [1.54, 1.807) is 18.2 Å². The predicted molar refractivity (Wildman–Crippen MR) is 95.8 cm³/mol. The molecule has 2 aliphatic rings. The van der Waals surface area contributed by atoms with Crippen LogP contribution in [-0.2, 0) is 16.2 Å². The van der Waals surface area contributed by atoms with E-state index >= 15 is 0 Å². The minimum atomic E-state index is -0.910. The van der Waals surface area contributed by atoms with E-state index in [0.29, 0.717) is 42.4 Å². The Bertz CT molecular complexity index is 881. The van der Waals surface area contributed by atoms with Crippen molar-refractivity contribution < 1.29 is 28.9 Å². The number of hydrogen-bond donors (Lipinski definition) is 2. The summed E-state index contributed by atoms with van der Waals surface area (Å²) < 4.78 is 16.4. The molecule has 0 spiro atoms. The quantitative estimate of drug-likeness (QED) is 0.813. The molecule has 0 bridgehead atoms. The van der Waals surface area contributed by atoms with Crippen LogP contribution in [0.4, 0.5) is 5.69 Å². The van der Waals surface area contributed by atoms with E-state index < -0.39 is 17.8 Å². The largest absolute Gasteiger partial charge is 0.489 e. The highest BCUT2D eigenvalue weighted by Gasteiger charge is 2.41. The molecule has 2 aromatic carbocycles. The van der Waals surface area contributed by atoms with E-state index in [9.17, 15) is 9.59 Å². The van der Waals surface area contributed by atoms with Crippen LogP contribution >= 0.6 is 0 Å². The van der Waals surface area contributed by atoms with Crippen LogP contribution in [0.5, 0.6) is 17.2 Å². The molecular formula is C20H19NO6. The first-order valence-electron chi connectivity index (χ1n) is 8.75. The molecule has 140 valence electrons. The molecule has 7 nitrogen and oxygen atoms in total. The Morgan fingerprint density at radius 3 is 2.67 bits per heavy atom. The van der Waals surface area contributed by atoms with Gasteiger partial charge in [0.25, 0.3) is 0 Å². The molecule has 2 N–H and O–H groups in total. The van der Waals surface area contributed by atoms with Gasteiger partial charge in [0.05, 0.1) is 11.8 Å². The lowest BCUT2D eigenvalue weighted by molar-refractivity contribution is -0.151.